The van der Waals surface area contributed by atoms with Crippen LogP contribution in [0.25, 0.3) is 0 Å². The van der Waals surface area contributed by atoms with Gasteiger partial charge >= 0.3 is 0 Å². The van der Waals surface area contributed by atoms with E-state index in [0.29, 0.717) is 37.5 Å². The molecule has 1 amide bonds. The smallest absolute Gasteiger partial charge is 0.266 e. The van der Waals surface area contributed by atoms with E-state index in [1.807, 2.05) is 74.4 Å². The molecule has 3 N–H and O–H groups in total. The highest BCUT2D eigenvalue weighted by Gasteiger charge is 2.44. The summed E-state index contributed by atoms with van der Waals surface area (Å²) in [6, 6.07) is 11.5. The van der Waals surface area contributed by atoms with Gasteiger partial charge in [0.15, 0.2) is 5.60 Å². The maximum absolute atomic E-state index is 13.6. The number of aliphatic imine (C=N–C) groups is 1. The van der Waals surface area contributed by atoms with Crippen molar-refractivity contribution >= 4 is 28.8 Å². The summed E-state index contributed by atoms with van der Waals surface area (Å²) in [5.41, 5.74) is 9.52. The molecule has 1 atom stereocenters. The second kappa shape index (κ2) is 10.3. The number of ether oxygens (including phenoxy) is 2. The van der Waals surface area contributed by atoms with Gasteiger partial charge in [0.1, 0.15) is 29.2 Å². The van der Waals surface area contributed by atoms with E-state index in [9.17, 15) is 9.90 Å². The Kier molecular flexibility index (Phi) is 7.09. The van der Waals surface area contributed by atoms with Crippen LogP contribution >= 0.6 is 11.3 Å². The number of hydrogen-bond acceptors (Lipinski definition) is 6. The van der Waals surface area contributed by atoms with Crippen molar-refractivity contribution in [2.45, 2.75) is 65.1 Å². The zero-order valence-corrected chi connectivity index (χ0v) is 23.2. The number of carbonyl (C=O) groups is 1. The Hall–Kier alpha value is -3.52. The first-order valence-corrected chi connectivity index (χ1v) is 14.0. The van der Waals surface area contributed by atoms with Gasteiger partial charge in [-0.25, -0.2) is 4.99 Å². The van der Waals surface area contributed by atoms with E-state index in [1.54, 1.807) is 11.3 Å². The van der Waals surface area contributed by atoms with Crippen LogP contribution in [0.2, 0.25) is 0 Å². The summed E-state index contributed by atoms with van der Waals surface area (Å²) in [5.74, 6) is 2.39. The number of fused-ring (bicyclic) bond motifs is 1. The molecule has 0 aliphatic carbocycles. The number of nitrogens with zero attached hydrogens (tertiary/aromatic N) is 2. The van der Waals surface area contributed by atoms with Gasteiger partial charge in [-0.2, -0.15) is 0 Å². The topological polar surface area (TPSA) is 97.4 Å². The van der Waals surface area contributed by atoms with E-state index < -0.39 is 5.60 Å². The Labute approximate surface area is 227 Å². The van der Waals surface area contributed by atoms with Crippen molar-refractivity contribution in [2.75, 3.05) is 13.1 Å². The fourth-order valence-electron chi connectivity index (χ4n) is 5.32. The molecule has 2 aliphatic rings. The Morgan fingerprint density at radius 1 is 1.13 bits per heavy atom. The highest BCUT2D eigenvalue weighted by atomic mass is 32.1. The zero-order chi connectivity index (χ0) is 27.0. The maximum atomic E-state index is 13.6. The van der Waals surface area contributed by atoms with E-state index in [2.05, 4.69) is 4.99 Å². The Balaban J connectivity index is 1.18. The summed E-state index contributed by atoms with van der Waals surface area (Å²) in [4.78, 5) is 20.9. The number of phenolic OH excluding ortho intramolecular Hbond substituents is 1. The first-order chi connectivity index (χ1) is 18.2. The summed E-state index contributed by atoms with van der Waals surface area (Å²) in [5, 5.41) is 12.4. The van der Waals surface area contributed by atoms with E-state index >= 15 is 0 Å². The van der Waals surface area contributed by atoms with Crippen LogP contribution < -0.4 is 15.2 Å². The fourth-order valence-corrected chi connectivity index (χ4v) is 5.95. The molecule has 0 radical (unpaired) electrons. The number of aromatic hydroxyl groups is 1. The van der Waals surface area contributed by atoms with Crippen molar-refractivity contribution in [1.29, 1.82) is 0 Å². The Morgan fingerprint density at radius 3 is 2.50 bits per heavy atom. The van der Waals surface area contributed by atoms with Crippen LogP contribution in [0, 0.1) is 20.8 Å². The lowest BCUT2D eigenvalue weighted by atomic mass is 9.86. The normalized spacial score (nSPS) is 20.1. The van der Waals surface area contributed by atoms with Crippen molar-refractivity contribution in [3.63, 3.8) is 0 Å². The highest BCUT2D eigenvalue weighted by Crippen LogP contribution is 2.44. The minimum absolute atomic E-state index is 0.0231. The van der Waals surface area contributed by atoms with E-state index in [4.69, 9.17) is 15.2 Å². The third-order valence-electron chi connectivity index (χ3n) is 7.86. The molecule has 1 fully saturated rings. The Bertz CT molecular complexity index is 1360. The van der Waals surface area contributed by atoms with Crippen LogP contribution in [0.1, 0.15) is 53.3 Å². The minimum Gasteiger partial charge on any atom is -0.507 e. The Morgan fingerprint density at radius 2 is 1.84 bits per heavy atom. The van der Waals surface area contributed by atoms with E-state index in [-0.39, 0.29) is 12.0 Å². The molecule has 3 aromatic rings. The average Bonchev–Trinajstić information content (AvgIpc) is 3.47. The lowest BCUT2D eigenvalue weighted by Gasteiger charge is -2.41. The summed E-state index contributed by atoms with van der Waals surface area (Å²) < 4.78 is 12.6. The summed E-state index contributed by atoms with van der Waals surface area (Å²) in [6.07, 6.45) is 2.85. The molecule has 5 rings (SSSR count). The molecule has 8 heteroatoms. The van der Waals surface area contributed by atoms with Gasteiger partial charge in [0.2, 0.25) is 0 Å². The monoisotopic (exact) mass is 533 g/mol. The second-order valence-electron chi connectivity index (χ2n) is 10.4. The van der Waals surface area contributed by atoms with Crippen LogP contribution in [-0.2, 0) is 11.2 Å². The van der Waals surface area contributed by atoms with Crippen molar-refractivity contribution in [3.05, 3.63) is 68.9 Å². The molecular formula is C30H35N3O4S. The zero-order valence-electron chi connectivity index (χ0n) is 22.4. The molecule has 1 saturated heterocycles. The van der Waals surface area contributed by atoms with Crippen LogP contribution in [0.5, 0.6) is 17.2 Å². The standard InChI is InChI=1S/C30H35N3O4S/c1-18-19(2)27-24(20(3)26(18)34)11-14-30(4,37-27)29(35)33-15-12-23(13-16-33)36-22-9-7-21(8-10-22)32-28(31)25-6-5-17-38-25/h5-10,17,23,34H,11-16H2,1-4H3,(H2,31,32). The molecule has 7 nitrogen and oxygen atoms in total. The summed E-state index contributed by atoms with van der Waals surface area (Å²) in [7, 11) is 0. The molecule has 0 saturated carbocycles. The third kappa shape index (κ3) is 4.97. The van der Waals surface area contributed by atoms with Gasteiger partial charge in [0.05, 0.1) is 10.6 Å². The number of rotatable bonds is 5. The molecule has 200 valence electrons. The second-order valence-corrected chi connectivity index (χ2v) is 11.4. The first-order valence-electron chi connectivity index (χ1n) is 13.1. The molecule has 1 unspecified atom stereocenters. The minimum atomic E-state index is -0.914. The predicted molar refractivity (Wildman–Crippen MR) is 151 cm³/mol. The van der Waals surface area contributed by atoms with Gasteiger partial charge in [-0.15, -0.1) is 11.3 Å². The van der Waals surface area contributed by atoms with E-state index in [1.165, 1.54) is 0 Å². The van der Waals surface area contributed by atoms with Gasteiger partial charge < -0.3 is 25.2 Å². The predicted octanol–water partition coefficient (Wildman–Crippen LogP) is 5.57. The number of phenols is 1. The van der Waals surface area contributed by atoms with E-state index in [0.717, 1.165) is 57.2 Å². The number of likely N-dealkylation sites (tertiary alicyclic amines) is 1. The highest BCUT2D eigenvalue weighted by molar-refractivity contribution is 7.12. The molecule has 1 aromatic heterocycles. The number of thiophene rings is 1. The van der Waals surface area contributed by atoms with Crippen molar-refractivity contribution < 1.29 is 19.4 Å². The molecular weight excluding hydrogens is 498 g/mol. The SMILES string of the molecule is Cc1c(C)c2c(c(C)c1O)CCC(C)(C(=O)N1CCC(Oc3ccc(N=C(N)c4cccs4)cc3)CC1)O2. The number of amides is 1. The molecule has 38 heavy (non-hydrogen) atoms. The average molecular weight is 534 g/mol. The first kappa shape index (κ1) is 26.1. The molecule has 0 bridgehead atoms. The van der Waals surface area contributed by atoms with Crippen molar-refractivity contribution in [1.82, 2.24) is 4.90 Å². The van der Waals surface area contributed by atoms with Crippen LogP contribution in [-0.4, -0.2) is 46.5 Å². The molecule has 0 spiro atoms. The van der Waals surface area contributed by atoms with Gasteiger partial charge in [0.25, 0.3) is 5.91 Å². The quantitative estimate of drug-likeness (QED) is 0.330. The van der Waals surface area contributed by atoms with Gasteiger partial charge in [-0.05, 0) is 86.5 Å². The molecule has 2 aromatic carbocycles. The largest absolute Gasteiger partial charge is 0.507 e. The number of hydrogen-bond donors (Lipinski definition) is 2. The van der Waals surface area contributed by atoms with Gasteiger partial charge in [-0.3, -0.25) is 4.79 Å². The third-order valence-corrected chi connectivity index (χ3v) is 8.76. The fraction of sp³-hybridized carbons (Fsp3) is 0.400. The summed E-state index contributed by atoms with van der Waals surface area (Å²) >= 11 is 1.56. The number of benzene rings is 2. The van der Waals surface area contributed by atoms with Crippen LogP contribution in [0.15, 0.2) is 46.8 Å². The van der Waals surface area contributed by atoms with Gasteiger partial charge in [0, 0.05) is 37.9 Å². The lowest BCUT2D eigenvalue weighted by molar-refractivity contribution is -0.150. The number of nitrogens with two attached hydrogens (primary N) is 1. The van der Waals surface area contributed by atoms with Crippen molar-refractivity contribution in [3.8, 4) is 17.2 Å². The van der Waals surface area contributed by atoms with Crippen LogP contribution in [0.4, 0.5) is 5.69 Å². The van der Waals surface area contributed by atoms with Gasteiger partial charge in [-0.1, -0.05) is 6.07 Å². The maximum Gasteiger partial charge on any atom is 0.266 e. The molecule has 2 aliphatic heterocycles. The lowest BCUT2D eigenvalue weighted by Crippen LogP contribution is -2.55. The number of amidine groups is 1. The number of carbonyl (C=O) groups excluding carboxylic acids is 1. The summed E-state index contributed by atoms with van der Waals surface area (Å²) in [6.45, 7) is 8.90. The van der Waals surface area contributed by atoms with Crippen molar-refractivity contribution in [2.24, 2.45) is 10.7 Å². The molecule has 3 heterocycles. The van der Waals surface area contributed by atoms with Crippen LogP contribution in [0.3, 0.4) is 0 Å². The number of piperidine rings is 1.